The molecule has 0 spiro atoms. The molecule has 1 unspecified atom stereocenters. The topological polar surface area (TPSA) is 62.3 Å². The zero-order chi connectivity index (χ0) is 14.8. The smallest absolute Gasteiger partial charge is 0.312 e. The van der Waals surface area contributed by atoms with Crippen LogP contribution in [0.15, 0.2) is 18.2 Å². The summed E-state index contributed by atoms with van der Waals surface area (Å²) < 4.78 is 5.76. The van der Waals surface area contributed by atoms with Crippen LogP contribution < -0.4 is 4.74 Å². The van der Waals surface area contributed by atoms with Gasteiger partial charge in [0, 0.05) is 16.6 Å². The summed E-state index contributed by atoms with van der Waals surface area (Å²) in [6.45, 7) is 2.87. The molecular weight excluding hydrogens is 266 g/mol. The van der Waals surface area contributed by atoms with E-state index >= 15 is 0 Å². The molecule has 0 bridgehead atoms. The number of hydrogen-bond donors (Lipinski definition) is 2. The summed E-state index contributed by atoms with van der Waals surface area (Å²) in [5.41, 5.74) is 3.05. The molecule has 4 heteroatoms. The molecule has 4 nitrogen and oxygen atoms in total. The van der Waals surface area contributed by atoms with Crippen molar-refractivity contribution < 1.29 is 14.6 Å². The average molecular weight is 287 g/mol. The number of aryl methyl sites for hydroxylation is 1. The Balaban J connectivity index is 1.96. The fraction of sp³-hybridized carbons (Fsp3) is 0.471. The zero-order valence-electron chi connectivity index (χ0n) is 12.3. The van der Waals surface area contributed by atoms with Crippen LogP contribution in [-0.4, -0.2) is 22.7 Å². The van der Waals surface area contributed by atoms with Crippen LogP contribution in [0.25, 0.3) is 10.9 Å². The third kappa shape index (κ3) is 2.62. The molecule has 0 fully saturated rings. The number of aromatic nitrogens is 1. The van der Waals surface area contributed by atoms with Crippen molar-refractivity contribution in [3.8, 4) is 5.75 Å². The SMILES string of the molecule is CCCCOc1ccc2[nH]c3c(c2c1)CCCC3C(=O)O. The van der Waals surface area contributed by atoms with Gasteiger partial charge in [-0.05, 0) is 49.4 Å². The number of aliphatic carboxylic acids is 1. The second-order valence-electron chi connectivity index (χ2n) is 5.71. The second kappa shape index (κ2) is 5.80. The third-order valence-electron chi connectivity index (χ3n) is 4.24. The molecular formula is C17H21NO3. The van der Waals surface area contributed by atoms with Gasteiger partial charge in [0.25, 0.3) is 0 Å². The standard InChI is InChI=1S/C17H21NO3/c1-2-3-9-21-11-7-8-15-14(10-11)12-5-4-6-13(17(19)20)16(12)18-15/h7-8,10,13,18H,2-6,9H2,1H3,(H,19,20). The molecule has 0 radical (unpaired) electrons. The van der Waals surface area contributed by atoms with Gasteiger partial charge in [0.1, 0.15) is 5.75 Å². The highest BCUT2D eigenvalue weighted by Crippen LogP contribution is 2.37. The molecule has 1 aliphatic rings. The fourth-order valence-electron chi connectivity index (χ4n) is 3.11. The zero-order valence-corrected chi connectivity index (χ0v) is 12.3. The van der Waals surface area contributed by atoms with Crippen molar-refractivity contribution in [2.45, 2.75) is 44.9 Å². The van der Waals surface area contributed by atoms with E-state index in [1.165, 1.54) is 0 Å². The quantitative estimate of drug-likeness (QED) is 0.821. The van der Waals surface area contributed by atoms with E-state index in [4.69, 9.17) is 4.74 Å². The van der Waals surface area contributed by atoms with E-state index in [1.807, 2.05) is 18.2 Å². The maximum Gasteiger partial charge on any atom is 0.312 e. The normalized spacial score (nSPS) is 17.7. The van der Waals surface area contributed by atoms with Crippen LogP contribution in [-0.2, 0) is 11.2 Å². The summed E-state index contributed by atoms with van der Waals surface area (Å²) in [5, 5.41) is 10.5. The number of nitrogens with one attached hydrogen (secondary N) is 1. The summed E-state index contributed by atoms with van der Waals surface area (Å²) >= 11 is 0. The van der Waals surface area contributed by atoms with E-state index in [0.717, 1.165) is 66.6 Å². The molecule has 112 valence electrons. The number of fused-ring (bicyclic) bond motifs is 3. The molecule has 2 N–H and O–H groups in total. The van der Waals surface area contributed by atoms with Gasteiger partial charge in [0.05, 0.1) is 12.5 Å². The van der Waals surface area contributed by atoms with E-state index in [2.05, 4.69) is 11.9 Å². The molecule has 0 aliphatic heterocycles. The Morgan fingerprint density at radius 1 is 1.48 bits per heavy atom. The number of benzene rings is 1. The molecule has 0 saturated heterocycles. The Labute approximate surface area is 124 Å². The Hall–Kier alpha value is -1.97. The van der Waals surface area contributed by atoms with Crippen molar-refractivity contribution >= 4 is 16.9 Å². The van der Waals surface area contributed by atoms with Gasteiger partial charge in [0.15, 0.2) is 0 Å². The summed E-state index contributed by atoms with van der Waals surface area (Å²) in [6.07, 6.45) is 4.75. The number of rotatable bonds is 5. The van der Waals surface area contributed by atoms with Gasteiger partial charge in [-0.1, -0.05) is 13.3 Å². The Morgan fingerprint density at radius 2 is 2.33 bits per heavy atom. The molecule has 1 heterocycles. The van der Waals surface area contributed by atoms with E-state index < -0.39 is 11.9 Å². The van der Waals surface area contributed by atoms with Gasteiger partial charge < -0.3 is 14.8 Å². The molecule has 21 heavy (non-hydrogen) atoms. The van der Waals surface area contributed by atoms with Gasteiger partial charge in [0.2, 0.25) is 0 Å². The maximum absolute atomic E-state index is 11.4. The number of carbonyl (C=O) groups is 1. The number of carboxylic acids is 1. The number of hydrogen-bond acceptors (Lipinski definition) is 2. The molecule has 3 rings (SSSR count). The Kier molecular flexibility index (Phi) is 3.86. The molecule has 2 aromatic rings. The lowest BCUT2D eigenvalue weighted by atomic mass is 9.87. The van der Waals surface area contributed by atoms with Crippen LogP contribution >= 0.6 is 0 Å². The molecule has 1 aromatic carbocycles. The first-order valence-electron chi connectivity index (χ1n) is 7.70. The van der Waals surface area contributed by atoms with Crippen molar-refractivity contribution in [3.05, 3.63) is 29.5 Å². The third-order valence-corrected chi connectivity index (χ3v) is 4.24. The lowest BCUT2D eigenvalue weighted by molar-refractivity contribution is -0.139. The molecule has 0 amide bonds. The molecule has 1 atom stereocenters. The molecule has 1 aliphatic carbocycles. The minimum atomic E-state index is -0.734. The predicted octanol–water partition coefficient (Wildman–Crippen LogP) is 3.85. The average Bonchev–Trinajstić information content (AvgIpc) is 2.85. The number of unbranched alkanes of at least 4 members (excludes halogenated alkanes) is 1. The first-order chi connectivity index (χ1) is 10.2. The first kappa shape index (κ1) is 14.0. The molecule has 0 saturated carbocycles. The van der Waals surface area contributed by atoms with E-state index in [9.17, 15) is 9.90 Å². The van der Waals surface area contributed by atoms with Crippen molar-refractivity contribution in [1.29, 1.82) is 0 Å². The number of aromatic amines is 1. The van der Waals surface area contributed by atoms with Gasteiger partial charge in [-0.2, -0.15) is 0 Å². The van der Waals surface area contributed by atoms with Gasteiger partial charge in [-0.3, -0.25) is 4.79 Å². The van der Waals surface area contributed by atoms with E-state index in [-0.39, 0.29) is 0 Å². The summed E-state index contributed by atoms with van der Waals surface area (Å²) in [6, 6.07) is 5.99. The summed E-state index contributed by atoms with van der Waals surface area (Å²) in [5.74, 6) is -0.261. The monoisotopic (exact) mass is 287 g/mol. The Bertz CT molecular complexity index is 659. The van der Waals surface area contributed by atoms with Crippen LogP contribution in [0.5, 0.6) is 5.75 Å². The van der Waals surface area contributed by atoms with Crippen LogP contribution in [0.3, 0.4) is 0 Å². The minimum absolute atomic E-state index is 0.398. The second-order valence-corrected chi connectivity index (χ2v) is 5.71. The predicted molar refractivity (Wildman–Crippen MR) is 82.0 cm³/mol. The number of carboxylic acid groups (broad SMARTS) is 1. The highest BCUT2D eigenvalue weighted by molar-refractivity contribution is 5.89. The van der Waals surface area contributed by atoms with Gasteiger partial charge in [-0.25, -0.2) is 0 Å². The largest absolute Gasteiger partial charge is 0.494 e. The first-order valence-corrected chi connectivity index (χ1v) is 7.70. The summed E-state index contributed by atoms with van der Waals surface area (Å²) in [4.78, 5) is 14.7. The Morgan fingerprint density at radius 3 is 3.10 bits per heavy atom. The van der Waals surface area contributed by atoms with Gasteiger partial charge in [-0.15, -0.1) is 0 Å². The van der Waals surface area contributed by atoms with Crippen molar-refractivity contribution in [1.82, 2.24) is 4.98 Å². The lowest BCUT2D eigenvalue weighted by Crippen LogP contribution is -2.17. The minimum Gasteiger partial charge on any atom is -0.494 e. The maximum atomic E-state index is 11.4. The van der Waals surface area contributed by atoms with Crippen LogP contribution in [0.1, 0.15) is 49.8 Å². The highest BCUT2D eigenvalue weighted by Gasteiger charge is 2.29. The van der Waals surface area contributed by atoms with E-state index in [0.29, 0.717) is 0 Å². The van der Waals surface area contributed by atoms with Crippen LogP contribution in [0.4, 0.5) is 0 Å². The summed E-state index contributed by atoms with van der Waals surface area (Å²) in [7, 11) is 0. The van der Waals surface area contributed by atoms with Crippen molar-refractivity contribution in [2.75, 3.05) is 6.61 Å². The highest BCUT2D eigenvalue weighted by atomic mass is 16.5. The van der Waals surface area contributed by atoms with Crippen LogP contribution in [0, 0.1) is 0 Å². The fourth-order valence-corrected chi connectivity index (χ4v) is 3.11. The van der Waals surface area contributed by atoms with Gasteiger partial charge >= 0.3 is 5.97 Å². The molecule has 1 aromatic heterocycles. The number of ether oxygens (including phenoxy) is 1. The lowest BCUT2D eigenvalue weighted by Gasteiger charge is -2.18. The van der Waals surface area contributed by atoms with Crippen LogP contribution in [0.2, 0.25) is 0 Å². The number of H-pyrrole nitrogens is 1. The van der Waals surface area contributed by atoms with Crippen molar-refractivity contribution in [2.24, 2.45) is 0 Å². The van der Waals surface area contributed by atoms with E-state index in [1.54, 1.807) is 0 Å². The van der Waals surface area contributed by atoms with Crippen molar-refractivity contribution in [3.63, 3.8) is 0 Å².